The Balaban J connectivity index is 0.00000147. The summed E-state index contributed by atoms with van der Waals surface area (Å²) in [4.78, 5) is 8.67. The highest BCUT2D eigenvalue weighted by Gasteiger charge is 2.21. The third-order valence-electron chi connectivity index (χ3n) is 3.26. The number of nitrogens with zero attached hydrogens (tertiary/aromatic N) is 2. The van der Waals surface area contributed by atoms with Gasteiger partial charge in [-0.1, -0.05) is 23.7 Å². The van der Waals surface area contributed by atoms with Crippen LogP contribution in [0.1, 0.15) is 6.42 Å². The molecule has 4 nitrogen and oxygen atoms in total. The Bertz CT molecular complexity index is 632. The van der Waals surface area contributed by atoms with E-state index in [1.165, 1.54) is 0 Å². The highest BCUT2D eigenvalue weighted by molar-refractivity contribution is 7.85. The minimum atomic E-state index is -1.19. The number of aromatic nitrogens is 2. The van der Waals surface area contributed by atoms with E-state index in [9.17, 15) is 4.21 Å². The van der Waals surface area contributed by atoms with Gasteiger partial charge in [0.25, 0.3) is 0 Å². The van der Waals surface area contributed by atoms with Gasteiger partial charge in [-0.05, 0) is 37.6 Å². The highest BCUT2D eigenvalue weighted by atomic mass is 35.5. The Labute approximate surface area is 131 Å². The summed E-state index contributed by atoms with van der Waals surface area (Å²) in [5.74, 6) is 1.03. The van der Waals surface area contributed by atoms with Gasteiger partial charge >= 0.3 is 0 Å². The van der Waals surface area contributed by atoms with E-state index >= 15 is 0 Å². The van der Waals surface area contributed by atoms with Crippen LogP contribution in [0.25, 0.3) is 11.0 Å². The molecule has 7 heteroatoms. The van der Waals surface area contributed by atoms with E-state index in [0.717, 1.165) is 30.5 Å². The molecule has 1 aliphatic heterocycles. The lowest BCUT2D eigenvalue weighted by molar-refractivity contribution is 0.631. The summed E-state index contributed by atoms with van der Waals surface area (Å²) in [6.45, 7) is 1.92. The summed E-state index contributed by atoms with van der Waals surface area (Å²) >= 11 is 6.10. The maximum absolute atomic E-state index is 12.4. The third-order valence-corrected chi connectivity index (χ3v) is 5.13. The Morgan fingerprint density at radius 2 is 2.00 bits per heavy atom. The van der Waals surface area contributed by atoms with Gasteiger partial charge in [0.05, 0.1) is 21.8 Å². The molecular formula is C13H15Cl2N3OS. The van der Waals surface area contributed by atoms with Gasteiger partial charge < -0.3 is 5.32 Å². The number of nitrogens with one attached hydrogen (secondary N) is 1. The normalized spacial score (nSPS) is 19.8. The standard InChI is InChI=1S/C13H14ClN3OS.ClH/c14-12-13(19(18)8-9-5-6-15-7-9)17-11-4-2-1-3-10(11)16-12;/h1-4,9,15H,5-8H2;1H. The van der Waals surface area contributed by atoms with Crippen LogP contribution in [0.15, 0.2) is 29.3 Å². The zero-order chi connectivity index (χ0) is 13.2. The lowest BCUT2D eigenvalue weighted by Gasteiger charge is -2.09. The molecule has 0 amide bonds. The molecule has 2 aromatic rings. The minimum absolute atomic E-state index is 0. The van der Waals surface area contributed by atoms with E-state index in [1.807, 2.05) is 24.3 Å². The first-order valence-electron chi connectivity index (χ1n) is 6.25. The second-order valence-electron chi connectivity index (χ2n) is 4.68. The number of rotatable bonds is 3. The minimum Gasteiger partial charge on any atom is -0.316 e. The van der Waals surface area contributed by atoms with Crippen LogP contribution in [0.3, 0.4) is 0 Å². The van der Waals surface area contributed by atoms with Crippen molar-refractivity contribution >= 4 is 45.8 Å². The topological polar surface area (TPSA) is 54.9 Å². The number of halogens is 2. The van der Waals surface area contributed by atoms with Crippen LogP contribution in [0.2, 0.25) is 5.15 Å². The molecule has 2 unspecified atom stereocenters. The average molecular weight is 332 g/mol. The van der Waals surface area contributed by atoms with Crippen molar-refractivity contribution in [3.05, 3.63) is 29.4 Å². The van der Waals surface area contributed by atoms with Crippen molar-refractivity contribution in [3.8, 4) is 0 Å². The molecule has 1 aromatic heterocycles. The van der Waals surface area contributed by atoms with E-state index in [2.05, 4.69) is 15.3 Å². The molecule has 0 bridgehead atoms. The predicted molar refractivity (Wildman–Crippen MR) is 84.0 cm³/mol. The molecule has 1 aliphatic rings. The van der Waals surface area contributed by atoms with Crippen LogP contribution in [-0.2, 0) is 10.8 Å². The molecule has 0 spiro atoms. The summed E-state index contributed by atoms with van der Waals surface area (Å²) in [5, 5.41) is 3.93. The van der Waals surface area contributed by atoms with E-state index in [4.69, 9.17) is 11.6 Å². The first-order chi connectivity index (χ1) is 9.24. The van der Waals surface area contributed by atoms with E-state index in [1.54, 1.807) is 0 Å². The van der Waals surface area contributed by atoms with Crippen LogP contribution in [0.5, 0.6) is 0 Å². The first-order valence-corrected chi connectivity index (χ1v) is 7.95. The van der Waals surface area contributed by atoms with Crippen molar-refractivity contribution in [2.45, 2.75) is 11.4 Å². The van der Waals surface area contributed by atoms with Gasteiger partial charge in [0, 0.05) is 5.75 Å². The van der Waals surface area contributed by atoms with Crippen molar-refractivity contribution in [1.29, 1.82) is 0 Å². The van der Waals surface area contributed by atoms with Crippen LogP contribution >= 0.6 is 24.0 Å². The van der Waals surface area contributed by atoms with Gasteiger partial charge in [0.2, 0.25) is 0 Å². The molecule has 3 rings (SSSR count). The first kappa shape index (κ1) is 15.6. The summed E-state index contributed by atoms with van der Waals surface area (Å²) in [6.07, 6.45) is 1.06. The number of fused-ring (bicyclic) bond motifs is 1. The molecular weight excluding hydrogens is 317 g/mol. The SMILES string of the molecule is Cl.O=S(CC1CCNC1)c1nc2ccccc2nc1Cl. The van der Waals surface area contributed by atoms with Gasteiger partial charge in [-0.3, -0.25) is 4.21 Å². The molecule has 0 saturated carbocycles. The molecule has 1 saturated heterocycles. The number of hydrogen-bond donors (Lipinski definition) is 1. The fourth-order valence-corrected chi connectivity index (χ4v) is 3.95. The van der Waals surface area contributed by atoms with E-state index in [-0.39, 0.29) is 17.6 Å². The Kier molecular flexibility index (Phi) is 5.32. The maximum Gasteiger partial charge on any atom is 0.165 e. The molecule has 1 aromatic carbocycles. The van der Waals surface area contributed by atoms with Crippen molar-refractivity contribution in [2.75, 3.05) is 18.8 Å². The molecule has 1 N–H and O–H groups in total. The smallest absolute Gasteiger partial charge is 0.165 e. The van der Waals surface area contributed by atoms with Crippen LogP contribution in [0, 0.1) is 5.92 Å². The van der Waals surface area contributed by atoms with E-state index in [0.29, 0.717) is 16.7 Å². The summed E-state index contributed by atoms with van der Waals surface area (Å²) in [6, 6.07) is 7.48. The summed E-state index contributed by atoms with van der Waals surface area (Å²) in [7, 11) is -1.19. The fraction of sp³-hybridized carbons (Fsp3) is 0.385. The summed E-state index contributed by atoms with van der Waals surface area (Å²) < 4.78 is 12.4. The van der Waals surface area contributed by atoms with Gasteiger partial charge in [-0.2, -0.15) is 0 Å². The van der Waals surface area contributed by atoms with Gasteiger partial charge in [-0.15, -0.1) is 12.4 Å². The molecule has 2 atom stereocenters. The van der Waals surface area contributed by atoms with Gasteiger partial charge in [-0.25, -0.2) is 9.97 Å². The van der Waals surface area contributed by atoms with Crippen LogP contribution in [-0.4, -0.2) is 33.0 Å². The van der Waals surface area contributed by atoms with Gasteiger partial charge in [0.1, 0.15) is 0 Å². The zero-order valence-corrected chi connectivity index (χ0v) is 13.1. The van der Waals surface area contributed by atoms with Crippen molar-refractivity contribution in [1.82, 2.24) is 15.3 Å². The van der Waals surface area contributed by atoms with Crippen molar-refractivity contribution in [3.63, 3.8) is 0 Å². The monoisotopic (exact) mass is 331 g/mol. The van der Waals surface area contributed by atoms with Crippen molar-refractivity contribution in [2.24, 2.45) is 5.92 Å². The van der Waals surface area contributed by atoms with Crippen molar-refractivity contribution < 1.29 is 4.21 Å². The molecule has 108 valence electrons. The zero-order valence-electron chi connectivity index (χ0n) is 10.7. The third kappa shape index (κ3) is 3.28. The Morgan fingerprint density at radius 3 is 2.65 bits per heavy atom. The Morgan fingerprint density at radius 1 is 1.30 bits per heavy atom. The maximum atomic E-state index is 12.4. The second-order valence-corrected chi connectivity index (χ2v) is 6.45. The fourth-order valence-electron chi connectivity index (χ4n) is 2.26. The predicted octanol–water partition coefficient (Wildman–Crippen LogP) is 2.42. The van der Waals surface area contributed by atoms with Crippen LogP contribution in [0.4, 0.5) is 0 Å². The van der Waals surface area contributed by atoms with E-state index < -0.39 is 10.8 Å². The number of benzene rings is 1. The lowest BCUT2D eigenvalue weighted by atomic mass is 10.2. The second kappa shape index (κ2) is 6.80. The Hall–Kier alpha value is -0.750. The molecule has 2 heterocycles. The van der Waals surface area contributed by atoms with Gasteiger partial charge in [0.15, 0.2) is 10.2 Å². The number of para-hydroxylation sites is 2. The lowest BCUT2D eigenvalue weighted by Crippen LogP contribution is -2.16. The summed E-state index contributed by atoms with van der Waals surface area (Å²) in [5.41, 5.74) is 1.47. The molecule has 0 radical (unpaired) electrons. The largest absolute Gasteiger partial charge is 0.316 e. The quantitative estimate of drug-likeness (QED) is 0.938. The average Bonchev–Trinajstić information content (AvgIpc) is 2.90. The molecule has 20 heavy (non-hydrogen) atoms. The van der Waals surface area contributed by atoms with Crippen LogP contribution < -0.4 is 5.32 Å². The number of hydrogen-bond acceptors (Lipinski definition) is 4. The molecule has 1 fully saturated rings. The molecule has 0 aliphatic carbocycles. The highest BCUT2D eigenvalue weighted by Crippen LogP contribution is 2.22.